The van der Waals surface area contributed by atoms with Gasteiger partial charge in [0.05, 0.1) is 0 Å². The van der Waals surface area contributed by atoms with Gasteiger partial charge in [-0.3, -0.25) is 0 Å². The summed E-state index contributed by atoms with van der Waals surface area (Å²) in [4.78, 5) is 0. The molecule has 4 heteroatoms. The van der Waals surface area contributed by atoms with Gasteiger partial charge in [-0.1, -0.05) is 133 Å². The Labute approximate surface area is 244 Å². The van der Waals surface area contributed by atoms with Crippen LogP contribution in [0.2, 0.25) is 0 Å². The van der Waals surface area contributed by atoms with Crippen LogP contribution in [0.3, 0.4) is 0 Å². The summed E-state index contributed by atoms with van der Waals surface area (Å²) >= 11 is 0. The van der Waals surface area contributed by atoms with Crippen LogP contribution in [0.15, 0.2) is 152 Å². The Morgan fingerprint density at radius 3 is 1.55 bits per heavy atom. The summed E-state index contributed by atoms with van der Waals surface area (Å²) in [7, 11) is -3.06. The van der Waals surface area contributed by atoms with E-state index in [4.69, 9.17) is 9.47 Å². The van der Waals surface area contributed by atoms with Crippen LogP contribution in [-0.4, -0.2) is 0 Å². The van der Waals surface area contributed by atoms with Crippen molar-refractivity contribution >= 4 is 44.6 Å². The Hall–Kier alpha value is -5.11. The molecule has 8 rings (SSSR count). The second-order valence-electron chi connectivity index (χ2n) is 10.5. The second kappa shape index (κ2) is 9.76. The lowest BCUT2D eigenvalue weighted by Gasteiger charge is -2.24. The first-order valence-corrected chi connectivity index (χ1v) is 15.7. The van der Waals surface area contributed by atoms with Gasteiger partial charge < -0.3 is 14.0 Å². The maximum absolute atomic E-state index is 14.8. The average molecular weight is 561 g/mol. The summed E-state index contributed by atoms with van der Waals surface area (Å²) in [5.41, 5.74) is 2.04. The van der Waals surface area contributed by atoms with Crippen LogP contribution in [0.1, 0.15) is 0 Å². The first-order chi connectivity index (χ1) is 20.7. The molecule has 42 heavy (non-hydrogen) atoms. The van der Waals surface area contributed by atoms with Crippen LogP contribution in [-0.2, 0) is 4.57 Å². The topological polar surface area (TPSA) is 35.5 Å². The highest BCUT2D eigenvalue weighted by Gasteiger charge is 2.30. The molecular weight excluding hydrogens is 535 g/mol. The molecule has 0 aliphatic carbocycles. The van der Waals surface area contributed by atoms with Crippen LogP contribution in [0.5, 0.6) is 23.0 Å². The Bertz CT molecular complexity index is 2110. The number of benzene rings is 7. The number of fused-ring (bicyclic) bond motifs is 5. The minimum atomic E-state index is -3.06. The quantitative estimate of drug-likeness (QED) is 0.201. The third kappa shape index (κ3) is 3.94. The Morgan fingerprint density at radius 1 is 0.429 bits per heavy atom. The standard InChI is InChI=1S/C38H25O3P/c39-42(29-13-3-1-4-14-29,30-15-5-2-6-16-30)31-21-19-26(20-22-31)34-25-37-38(33-18-10-9-17-32(33)34)41-36-24-28-12-8-7-11-27(28)23-35(36)40-37/h1-25H. The zero-order chi connectivity index (χ0) is 28.1. The van der Waals surface area contributed by atoms with Gasteiger partial charge in [-0.05, 0) is 45.5 Å². The summed E-state index contributed by atoms with van der Waals surface area (Å²) in [5.74, 6) is 2.80. The van der Waals surface area contributed by atoms with Gasteiger partial charge in [-0.15, -0.1) is 0 Å². The highest BCUT2D eigenvalue weighted by molar-refractivity contribution is 7.85. The summed E-state index contributed by atoms with van der Waals surface area (Å²) in [6, 6.07) is 50.2. The molecule has 1 aliphatic rings. The molecule has 0 spiro atoms. The van der Waals surface area contributed by atoms with E-state index in [1.165, 1.54) is 0 Å². The second-order valence-corrected chi connectivity index (χ2v) is 13.2. The van der Waals surface area contributed by atoms with Crippen molar-refractivity contribution in [2.24, 2.45) is 0 Å². The van der Waals surface area contributed by atoms with Gasteiger partial charge in [-0.2, -0.15) is 0 Å². The van der Waals surface area contributed by atoms with Gasteiger partial charge in [0.1, 0.15) is 0 Å². The van der Waals surface area contributed by atoms with E-state index >= 15 is 0 Å². The first kappa shape index (κ1) is 24.7. The van der Waals surface area contributed by atoms with Gasteiger partial charge in [0, 0.05) is 21.3 Å². The third-order valence-electron chi connectivity index (χ3n) is 7.99. The normalized spacial score (nSPS) is 12.3. The monoisotopic (exact) mass is 560 g/mol. The fourth-order valence-electron chi connectivity index (χ4n) is 5.90. The molecule has 0 radical (unpaired) electrons. The van der Waals surface area contributed by atoms with E-state index in [-0.39, 0.29) is 0 Å². The zero-order valence-electron chi connectivity index (χ0n) is 22.6. The van der Waals surface area contributed by atoms with Gasteiger partial charge in [0.15, 0.2) is 30.1 Å². The predicted molar refractivity (Wildman–Crippen MR) is 173 cm³/mol. The molecule has 0 unspecified atom stereocenters. The number of ether oxygens (including phenoxy) is 2. The largest absolute Gasteiger partial charge is 0.449 e. The highest BCUT2D eigenvalue weighted by Crippen LogP contribution is 2.52. The van der Waals surface area contributed by atoms with Crippen molar-refractivity contribution in [2.75, 3.05) is 0 Å². The fourth-order valence-corrected chi connectivity index (χ4v) is 8.55. The Balaban J connectivity index is 1.25. The van der Waals surface area contributed by atoms with Crippen molar-refractivity contribution in [3.63, 3.8) is 0 Å². The lowest BCUT2D eigenvalue weighted by molar-refractivity contribution is 0.364. The zero-order valence-corrected chi connectivity index (χ0v) is 23.5. The first-order valence-electron chi connectivity index (χ1n) is 13.9. The molecule has 0 fully saturated rings. The SMILES string of the molecule is O=P(c1ccccc1)(c1ccccc1)c1ccc(-c2cc3c(c4ccccc24)Oc2cc4ccccc4cc2O3)cc1. The van der Waals surface area contributed by atoms with E-state index < -0.39 is 7.14 Å². The highest BCUT2D eigenvalue weighted by atomic mass is 31.2. The van der Waals surface area contributed by atoms with Gasteiger partial charge in [0.2, 0.25) is 0 Å². The molecule has 7 aromatic rings. The maximum atomic E-state index is 14.8. The molecule has 0 saturated carbocycles. The molecule has 0 bridgehead atoms. The van der Waals surface area contributed by atoms with E-state index in [9.17, 15) is 4.57 Å². The fraction of sp³-hybridized carbons (Fsp3) is 0. The van der Waals surface area contributed by atoms with Gasteiger partial charge in [-0.25, -0.2) is 0 Å². The van der Waals surface area contributed by atoms with Crippen LogP contribution < -0.4 is 25.4 Å². The van der Waals surface area contributed by atoms with Crippen molar-refractivity contribution in [3.05, 3.63) is 152 Å². The molecule has 0 N–H and O–H groups in total. The number of hydrogen-bond acceptors (Lipinski definition) is 3. The number of rotatable bonds is 4. The lowest BCUT2D eigenvalue weighted by atomic mass is 9.96. The van der Waals surface area contributed by atoms with Crippen molar-refractivity contribution in [3.8, 4) is 34.1 Å². The van der Waals surface area contributed by atoms with Crippen LogP contribution in [0.25, 0.3) is 32.7 Å². The van der Waals surface area contributed by atoms with E-state index in [1.807, 2.05) is 109 Å². The summed E-state index contributed by atoms with van der Waals surface area (Å²) in [5, 5.41) is 6.68. The predicted octanol–water partition coefficient (Wildman–Crippen LogP) is 9.20. The van der Waals surface area contributed by atoms with Crippen LogP contribution in [0, 0.1) is 0 Å². The Kier molecular flexibility index (Phi) is 5.73. The van der Waals surface area contributed by atoms with E-state index in [0.29, 0.717) is 23.0 Å². The molecule has 1 heterocycles. The lowest BCUT2D eigenvalue weighted by Crippen LogP contribution is -2.24. The summed E-state index contributed by atoms with van der Waals surface area (Å²) < 4.78 is 27.8. The van der Waals surface area contributed by atoms with Crippen molar-refractivity contribution in [1.29, 1.82) is 0 Å². The van der Waals surface area contributed by atoms with Crippen LogP contribution in [0.4, 0.5) is 0 Å². The molecule has 0 amide bonds. The molecule has 0 saturated heterocycles. The van der Waals surface area contributed by atoms with Crippen molar-refractivity contribution in [1.82, 2.24) is 0 Å². The summed E-state index contributed by atoms with van der Waals surface area (Å²) in [6.45, 7) is 0. The third-order valence-corrected chi connectivity index (χ3v) is 11.1. The molecule has 200 valence electrons. The van der Waals surface area contributed by atoms with E-state index in [1.54, 1.807) is 0 Å². The Morgan fingerprint density at radius 2 is 0.929 bits per heavy atom. The minimum Gasteiger partial charge on any atom is -0.449 e. The van der Waals surface area contributed by atoms with Crippen molar-refractivity contribution in [2.45, 2.75) is 0 Å². The average Bonchev–Trinajstić information content (AvgIpc) is 3.06. The molecule has 0 aromatic heterocycles. The molecule has 3 nitrogen and oxygen atoms in total. The minimum absolute atomic E-state index is 0.676. The summed E-state index contributed by atoms with van der Waals surface area (Å²) in [6.07, 6.45) is 0. The van der Waals surface area contributed by atoms with Gasteiger partial charge in [0.25, 0.3) is 0 Å². The maximum Gasteiger partial charge on any atom is 0.177 e. The number of hydrogen-bond donors (Lipinski definition) is 0. The smallest absolute Gasteiger partial charge is 0.177 e. The van der Waals surface area contributed by atoms with E-state index in [0.717, 1.165) is 48.6 Å². The molecule has 7 aromatic carbocycles. The molecule has 0 atom stereocenters. The molecular formula is C38H25O3P. The van der Waals surface area contributed by atoms with Crippen LogP contribution >= 0.6 is 7.14 Å². The molecule has 1 aliphatic heterocycles. The van der Waals surface area contributed by atoms with Crippen molar-refractivity contribution < 1.29 is 14.0 Å². The van der Waals surface area contributed by atoms with Gasteiger partial charge >= 0.3 is 0 Å². The van der Waals surface area contributed by atoms with E-state index in [2.05, 4.69) is 42.5 Å².